The molecule has 4 aromatic rings. The molecule has 7 nitrogen and oxygen atoms in total. The van der Waals surface area contributed by atoms with E-state index in [1.165, 1.54) is 6.92 Å². The van der Waals surface area contributed by atoms with Crippen LogP contribution in [-0.4, -0.2) is 29.2 Å². The number of carbonyl (C=O) groups excluding carboxylic acids is 1. The van der Waals surface area contributed by atoms with Gasteiger partial charge in [0.15, 0.2) is 0 Å². The van der Waals surface area contributed by atoms with Crippen LogP contribution in [0.5, 0.6) is 5.75 Å². The summed E-state index contributed by atoms with van der Waals surface area (Å²) in [6, 6.07) is 22.6. The van der Waals surface area contributed by atoms with E-state index >= 15 is 0 Å². The Labute approximate surface area is 192 Å². The summed E-state index contributed by atoms with van der Waals surface area (Å²) in [5.41, 5.74) is 4.94. The fourth-order valence-corrected chi connectivity index (χ4v) is 3.56. The Morgan fingerprint density at radius 3 is 2.64 bits per heavy atom. The van der Waals surface area contributed by atoms with Crippen molar-refractivity contribution < 1.29 is 14.3 Å². The molecule has 0 bridgehead atoms. The summed E-state index contributed by atoms with van der Waals surface area (Å²) in [6.45, 7) is 3.96. The number of rotatable bonds is 8. The smallest absolute Gasteiger partial charge is 0.302 e. The quantitative estimate of drug-likeness (QED) is 0.365. The second-order valence-electron chi connectivity index (χ2n) is 7.51. The summed E-state index contributed by atoms with van der Waals surface area (Å²) in [5.74, 6) is 1.06. The standard InChI is InChI=1S/C26H24N4O3/c1-3-32-22-13-19(12-20(14-22)26-29-23-6-4-5-7-24(23)30-26)25(16-33-17(2)31)28-21-10-8-18(15-27)9-11-21/h4-14,25,28H,3,16H2,1-2H3,(H,29,30). The molecule has 0 amide bonds. The van der Waals surface area contributed by atoms with Crippen LogP contribution < -0.4 is 10.1 Å². The molecular formula is C26H24N4O3. The zero-order chi connectivity index (χ0) is 23.2. The summed E-state index contributed by atoms with van der Waals surface area (Å²) < 4.78 is 11.2. The van der Waals surface area contributed by atoms with Gasteiger partial charge in [0.25, 0.3) is 0 Å². The van der Waals surface area contributed by atoms with Gasteiger partial charge in [-0.15, -0.1) is 0 Å². The maximum absolute atomic E-state index is 11.5. The molecule has 7 heteroatoms. The average molecular weight is 441 g/mol. The minimum atomic E-state index is -0.361. The molecule has 166 valence electrons. The lowest BCUT2D eigenvalue weighted by Crippen LogP contribution is -2.19. The molecule has 4 rings (SSSR count). The summed E-state index contributed by atoms with van der Waals surface area (Å²) >= 11 is 0. The SMILES string of the molecule is CCOc1cc(-c2nc3ccccc3[nH]2)cc(C(COC(C)=O)Nc2ccc(C#N)cc2)c1. The van der Waals surface area contributed by atoms with E-state index in [0.717, 1.165) is 33.7 Å². The fourth-order valence-electron chi connectivity index (χ4n) is 3.56. The topological polar surface area (TPSA) is 100 Å². The number of carbonyl (C=O) groups is 1. The first-order valence-corrected chi connectivity index (χ1v) is 10.7. The lowest BCUT2D eigenvalue weighted by Gasteiger charge is -2.21. The number of imidazole rings is 1. The van der Waals surface area contributed by atoms with Crippen molar-refractivity contribution in [1.82, 2.24) is 9.97 Å². The highest BCUT2D eigenvalue weighted by Crippen LogP contribution is 2.31. The lowest BCUT2D eigenvalue weighted by atomic mass is 10.0. The molecule has 1 aromatic heterocycles. The zero-order valence-corrected chi connectivity index (χ0v) is 18.5. The highest BCUT2D eigenvalue weighted by atomic mass is 16.5. The minimum absolute atomic E-state index is 0.129. The van der Waals surface area contributed by atoms with Gasteiger partial charge in [-0.3, -0.25) is 4.79 Å². The number of fused-ring (bicyclic) bond motifs is 1. The van der Waals surface area contributed by atoms with Crippen molar-refractivity contribution in [3.63, 3.8) is 0 Å². The molecule has 1 atom stereocenters. The molecule has 0 aliphatic heterocycles. The fraction of sp³-hybridized carbons (Fsp3) is 0.192. The van der Waals surface area contributed by atoms with Crippen LogP contribution >= 0.6 is 0 Å². The van der Waals surface area contributed by atoms with Crippen LogP contribution in [0.4, 0.5) is 5.69 Å². The number of nitrogens with zero attached hydrogens (tertiary/aromatic N) is 2. The predicted molar refractivity (Wildman–Crippen MR) is 127 cm³/mol. The number of H-pyrrole nitrogens is 1. The van der Waals surface area contributed by atoms with Gasteiger partial charge in [-0.2, -0.15) is 5.26 Å². The van der Waals surface area contributed by atoms with Crippen LogP contribution in [0.3, 0.4) is 0 Å². The van der Waals surface area contributed by atoms with Gasteiger partial charge in [0.1, 0.15) is 18.2 Å². The third kappa shape index (κ3) is 5.31. The molecule has 0 saturated heterocycles. The molecular weight excluding hydrogens is 416 g/mol. The van der Waals surface area contributed by atoms with Crippen molar-refractivity contribution in [2.24, 2.45) is 0 Å². The summed E-state index contributed by atoms with van der Waals surface area (Å²) in [6.07, 6.45) is 0. The molecule has 1 heterocycles. The minimum Gasteiger partial charge on any atom is -0.494 e. The number of ether oxygens (including phenoxy) is 2. The Hall–Kier alpha value is -4.31. The third-order valence-corrected chi connectivity index (χ3v) is 5.11. The van der Waals surface area contributed by atoms with E-state index in [1.807, 2.05) is 61.5 Å². The van der Waals surface area contributed by atoms with Gasteiger partial charge in [0.2, 0.25) is 0 Å². The highest BCUT2D eigenvalue weighted by molar-refractivity contribution is 5.79. The number of esters is 1. The van der Waals surface area contributed by atoms with E-state index in [9.17, 15) is 4.79 Å². The number of benzene rings is 3. The first-order valence-electron chi connectivity index (χ1n) is 10.7. The van der Waals surface area contributed by atoms with E-state index < -0.39 is 0 Å². The molecule has 0 spiro atoms. The van der Waals surface area contributed by atoms with Gasteiger partial charge >= 0.3 is 5.97 Å². The van der Waals surface area contributed by atoms with Crippen LogP contribution in [-0.2, 0) is 9.53 Å². The van der Waals surface area contributed by atoms with Crippen molar-refractivity contribution in [2.75, 3.05) is 18.5 Å². The van der Waals surface area contributed by atoms with E-state index in [1.54, 1.807) is 12.1 Å². The number of nitrogens with one attached hydrogen (secondary N) is 2. The Kier molecular flexibility index (Phi) is 6.56. The Morgan fingerprint density at radius 1 is 1.15 bits per heavy atom. The van der Waals surface area contributed by atoms with Crippen molar-refractivity contribution in [3.05, 3.63) is 77.9 Å². The van der Waals surface area contributed by atoms with Gasteiger partial charge in [0, 0.05) is 18.2 Å². The Balaban J connectivity index is 1.73. The molecule has 33 heavy (non-hydrogen) atoms. The molecule has 0 fully saturated rings. The van der Waals surface area contributed by atoms with Crippen LogP contribution in [0.25, 0.3) is 22.4 Å². The largest absolute Gasteiger partial charge is 0.494 e. The van der Waals surface area contributed by atoms with Crippen molar-refractivity contribution in [1.29, 1.82) is 5.26 Å². The van der Waals surface area contributed by atoms with Crippen molar-refractivity contribution >= 4 is 22.7 Å². The Morgan fingerprint density at radius 2 is 1.94 bits per heavy atom. The highest BCUT2D eigenvalue weighted by Gasteiger charge is 2.18. The summed E-state index contributed by atoms with van der Waals surface area (Å²) in [4.78, 5) is 19.6. The number of aromatic nitrogens is 2. The summed E-state index contributed by atoms with van der Waals surface area (Å²) in [5, 5.41) is 12.5. The maximum atomic E-state index is 11.5. The molecule has 0 aliphatic carbocycles. The van der Waals surface area contributed by atoms with Gasteiger partial charge < -0.3 is 19.8 Å². The molecule has 1 unspecified atom stereocenters. The maximum Gasteiger partial charge on any atom is 0.302 e. The van der Waals surface area contributed by atoms with Crippen LogP contribution in [0.2, 0.25) is 0 Å². The number of anilines is 1. The van der Waals surface area contributed by atoms with Crippen molar-refractivity contribution in [2.45, 2.75) is 19.9 Å². The van der Waals surface area contributed by atoms with Crippen LogP contribution in [0.15, 0.2) is 66.7 Å². The van der Waals surface area contributed by atoms with E-state index in [4.69, 9.17) is 19.7 Å². The number of hydrogen-bond acceptors (Lipinski definition) is 6. The normalized spacial score (nSPS) is 11.5. The number of hydrogen-bond donors (Lipinski definition) is 2. The monoisotopic (exact) mass is 440 g/mol. The second kappa shape index (κ2) is 9.88. The third-order valence-electron chi connectivity index (χ3n) is 5.11. The number of aromatic amines is 1. The van der Waals surface area contributed by atoms with E-state index in [-0.39, 0.29) is 18.6 Å². The van der Waals surface area contributed by atoms with Gasteiger partial charge in [-0.05, 0) is 67.1 Å². The van der Waals surface area contributed by atoms with Gasteiger partial charge in [-0.1, -0.05) is 12.1 Å². The molecule has 3 aromatic carbocycles. The Bertz CT molecular complexity index is 1270. The van der Waals surface area contributed by atoms with Crippen LogP contribution in [0, 0.1) is 11.3 Å². The average Bonchev–Trinajstić information content (AvgIpc) is 3.26. The lowest BCUT2D eigenvalue weighted by molar-refractivity contribution is -0.141. The van der Waals surface area contributed by atoms with E-state index in [0.29, 0.717) is 17.9 Å². The summed E-state index contributed by atoms with van der Waals surface area (Å²) in [7, 11) is 0. The first-order chi connectivity index (χ1) is 16.1. The first kappa shape index (κ1) is 21.9. The van der Waals surface area contributed by atoms with Crippen molar-refractivity contribution in [3.8, 4) is 23.2 Å². The molecule has 0 radical (unpaired) electrons. The number of nitriles is 1. The molecule has 2 N–H and O–H groups in total. The predicted octanol–water partition coefficient (Wildman–Crippen LogP) is 5.22. The zero-order valence-electron chi connectivity index (χ0n) is 18.5. The second-order valence-corrected chi connectivity index (χ2v) is 7.51. The number of para-hydroxylation sites is 2. The molecule has 0 saturated carbocycles. The van der Waals surface area contributed by atoms with Gasteiger partial charge in [-0.25, -0.2) is 4.98 Å². The van der Waals surface area contributed by atoms with Gasteiger partial charge in [0.05, 0.1) is 35.3 Å². The van der Waals surface area contributed by atoms with Crippen LogP contribution in [0.1, 0.15) is 31.0 Å². The molecule has 0 aliphatic rings. The van der Waals surface area contributed by atoms with E-state index in [2.05, 4.69) is 16.4 Å².